The smallest absolute Gasteiger partial charge is 0.137 e. The minimum atomic E-state index is -0.516. The van der Waals surface area contributed by atoms with Crippen LogP contribution in [0.3, 0.4) is 0 Å². The molecule has 0 bridgehead atoms. The average molecular weight is 282 g/mol. The van der Waals surface area contributed by atoms with E-state index in [2.05, 4.69) is 22.0 Å². The highest BCUT2D eigenvalue weighted by Crippen LogP contribution is 2.45. The lowest BCUT2D eigenvalue weighted by Crippen LogP contribution is -2.39. The third-order valence-electron chi connectivity index (χ3n) is 2.28. The fraction of sp³-hybridized carbons (Fsp3) is 0.273. The van der Waals surface area contributed by atoms with Crippen LogP contribution in [0.15, 0.2) is 33.6 Å². The number of ketones is 1. The van der Waals surface area contributed by atoms with Crippen molar-refractivity contribution in [3.8, 4) is 6.07 Å². The van der Waals surface area contributed by atoms with E-state index >= 15 is 0 Å². The lowest BCUT2D eigenvalue weighted by atomic mass is 9.84. The quantitative estimate of drug-likeness (QED) is 0.836. The Hall–Kier alpha value is -0.790. The van der Waals surface area contributed by atoms with E-state index in [1.165, 1.54) is 11.8 Å². The summed E-state index contributed by atoms with van der Waals surface area (Å²) >= 11 is 4.86. The van der Waals surface area contributed by atoms with E-state index < -0.39 is 4.75 Å². The van der Waals surface area contributed by atoms with Gasteiger partial charge in [-0.15, -0.1) is 11.8 Å². The van der Waals surface area contributed by atoms with Gasteiger partial charge in [0.1, 0.15) is 10.5 Å². The van der Waals surface area contributed by atoms with Gasteiger partial charge in [0.25, 0.3) is 0 Å². The van der Waals surface area contributed by atoms with Gasteiger partial charge in [-0.2, -0.15) is 5.26 Å². The number of halogens is 1. The molecule has 2 nitrogen and oxygen atoms in total. The molecule has 0 aromatic heterocycles. The van der Waals surface area contributed by atoms with Crippen molar-refractivity contribution in [2.75, 3.05) is 0 Å². The summed E-state index contributed by atoms with van der Waals surface area (Å²) in [5, 5.41) is 9.05. The Morgan fingerprint density at radius 2 is 2.20 bits per heavy atom. The van der Waals surface area contributed by atoms with Crippen LogP contribution in [0.25, 0.3) is 0 Å². The number of thioether (sulfide) groups is 1. The van der Waals surface area contributed by atoms with Crippen LogP contribution in [0.4, 0.5) is 0 Å². The second kappa shape index (κ2) is 3.99. The van der Waals surface area contributed by atoms with E-state index in [0.717, 1.165) is 9.37 Å². The lowest BCUT2D eigenvalue weighted by Gasteiger charge is -2.32. The summed E-state index contributed by atoms with van der Waals surface area (Å²) in [6.45, 7) is 0. The molecule has 76 valence electrons. The van der Waals surface area contributed by atoms with Gasteiger partial charge in [0.05, 0.1) is 6.07 Å². The summed E-state index contributed by atoms with van der Waals surface area (Å²) in [5.41, 5.74) is 0. The Kier molecular flexibility index (Phi) is 2.85. The number of hydrogen-bond acceptors (Lipinski definition) is 3. The molecule has 0 unspecified atom stereocenters. The Morgan fingerprint density at radius 3 is 2.73 bits per heavy atom. The molecule has 0 amide bonds. The van der Waals surface area contributed by atoms with Crippen LogP contribution in [-0.4, -0.2) is 10.5 Å². The molecule has 4 heteroatoms. The SMILES string of the molecule is N#CC1(Sc2cccc(Br)c2)CC(=O)C1. The highest BCUT2D eigenvalue weighted by molar-refractivity contribution is 9.10. The molecule has 1 fully saturated rings. The van der Waals surface area contributed by atoms with E-state index in [1.807, 2.05) is 24.3 Å². The standard InChI is InChI=1S/C11H8BrNOS/c12-8-2-1-3-10(4-8)15-11(7-13)5-9(14)6-11/h1-4H,5-6H2. The summed E-state index contributed by atoms with van der Waals surface area (Å²) in [6, 6.07) is 10.0. The third kappa shape index (κ3) is 2.24. The number of rotatable bonds is 2. The molecule has 0 radical (unpaired) electrons. The van der Waals surface area contributed by atoms with Crippen molar-refractivity contribution in [1.29, 1.82) is 5.26 Å². The van der Waals surface area contributed by atoms with Crippen LogP contribution in [0.2, 0.25) is 0 Å². The first kappa shape index (κ1) is 10.7. The predicted molar refractivity (Wildman–Crippen MR) is 62.6 cm³/mol. The molecule has 15 heavy (non-hydrogen) atoms. The van der Waals surface area contributed by atoms with Crippen LogP contribution < -0.4 is 0 Å². The topological polar surface area (TPSA) is 40.9 Å². The molecule has 2 rings (SSSR count). The van der Waals surface area contributed by atoms with E-state index in [0.29, 0.717) is 12.8 Å². The van der Waals surface area contributed by atoms with Gasteiger partial charge in [0, 0.05) is 22.2 Å². The van der Waals surface area contributed by atoms with Gasteiger partial charge in [0.15, 0.2) is 0 Å². The average Bonchev–Trinajstić information content (AvgIpc) is 2.15. The predicted octanol–water partition coefficient (Wildman–Crippen LogP) is 3.17. The fourth-order valence-electron chi connectivity index (χ4n) is 1.52. The van der Waals surface area contributed by atoms with Crippen LogP contribution in [0.5, 0.6) is 0 Å². The zero-order valence-electron chi connectivity index (χ0n) is 7.87. The van der Waals surface area contributed by atoms with Crippen LogP contribution >= 0.6 is 27.7 Å². The van der Waals surface area contributed by atoms with Crippen molar-refractivity contribution in [2.45, 2.75) is 22.5 Å². The second-order valence-electron chi connectivity index (χ2n) is 3.56. The van der Waals surface area contributed by atoms with Gasteiger partial charge in [0.2, 0.25) is 0 Å². The first-order valence-electron chi connectivity index (χ1n) is 4.51. The summed E-state index contributed by atoms with van der Waals surface area (Å²) in [4.78, 5) is 12.0. The van der Waals surface area contributed by atoms with E-state index in [1.54, 1.807) is 0 Å². The molecule has 0 saturated heterocycles. The first-order chi connectivity index (χ1) is 7.13. The number of carbonyl (C=O) groups excluding carboxylic acids is 1. The number of nitrogens with zero attached hydrogens (tertiary/aromatic N) is 1. The van der Waals surface area contributed by atoms with Gasteiger partial charge >= 0.3 is 0 Å². The Labute approximate surface area is 101 Å². The summed E-state index contributed by atoms with van der Waals surface area (Å²) in [7, 11) is 0. The van der Waals surface area contributed by atoms with Gasteiger partial charge in [-0.05, 0) is 18.2 Å². The van der Waals surface area contributed by atoms with Crippen molar-refractivity contribution in [1.82, 2.24) is 0 Å². The third-order valence-corrected chi connectivity index (χ3v) is 4.03. The monoisotopic (exact) mass is 281 g/mol. The van der Waals surface area contributed by atoms with Gasteiger partial charge in [-0.25, -0.2) is 0 Å². The number of nitriles is 1. The minimum Gasteiger partial charge on any atom is -0.300 e. The van der Waals surface area contributed by atoms with Crippen molar-refractivity contribution in [3.63, 3.8) is 0 Å². The number of hydrogen-bond donors (Lipinski definition) is 0. The molecule has 1 aromatic carbocycles. The van der Waals surface area contributed by atoms with Crippen molar-refractivity contribution < 1.29 is 4.79 Å². The zero-order valence-corrected chi connectivity index (χ0v) is 10.3. The Bertz CT molecular complexity index is 444. The minimum absolute atomic E-state index is 0.180. The number of Topliss-reactive ketones (excluding diaryl/α,β-unsaturated/α-hetero) is 1. The van der Waals surface area contributed by atoms with E-state index in [9.17, 15) is 4.79 Å². The molecule has 1 saturated carbocycles. The Balaban J connectivity index is 2.15. The van der Waals surface area contributed by atoms with Crippen LogP contribution in [0.1, 0.15) is 12.8 Å². The molecule has 0 aliphatic heterocycles. The zero-order chi connectivity index (χ0) is 10.9. The van der Waals surface area contributed by atoms with E-state index in [4.69, 9.17) is 5.26 Å². The molecule has 0 spiro atoms. The summed E-state index contributed by atoms with van der Waals surface area (Å²) in [5.74, 6) is 0.180. The summed E-state index contributed by atoms with van der Waals surface area (Å²) < 4.78 is 0.476. The van der Waals surface area contributed by atoms with Crippen LogP contribution in [0, 0.1) is 11.3 Å². The Morgan fingerprint density at radius 1 is 1.47 bits per heavy atom. The molecular weight excluding hydrogens is 274 g/mol. The maximum Gasteiger partial charge on any atom is 0.137 e. The maximum absolute atomic E-state index is 11.0. The van der Waals surface area contributed by atoms with Gasteiger partial charge in [-0.3, -0.25) is 4.79 Å². The molecule has 1 aromatic rings. The first-order valence-corrected chi connectivity index (χ1v) is 6.12. The molecule has 0 N–H and O–H groups in total. The van der Waals surface area contributed by atoms with Gasteiger partial charge in [-0.1, -0.05) is 22.0 Å². The molecule has 0 atom stereocenters. The highest BCUT2D eigenvalue weighted by atomic mass is 79.9. The van der Waals surface area contributed by atoms with Crippen LogP contribution in [-0.2, 0) is 4.79 Å². The summed E-state index contributed by atoms with van der Waals surface area (Å²) in [6.07, 6.45) is 0.751. The van der Waals surface area contributed by atoms with Crippen molar-refractivity contribution >= 4 is 33.5 Å². The molecule has 1 aliphatic rings. The normalized spacial score (nSPS) is 18.0. The van der Waals surface area contributed by atoms with Crippen molar-refractivity contribution in [2.24, 2.45) is 0 Å². The lowest BCUT2D eigenvalue weighted by molar-refractivity contribution is -0.124. The van der Waals surface area contributed by atoms with Crippen molar-refractivity contribution in [3.05, 3.63) is 28.7 Å². The van der Waals surface area contributed by atoms with Gasteiger partial charge < -0.3 is 0 Å². The fourth-order valence-corrected chi connectivity index (χ4v) is 3.36. The van der Waals surface area contributed by atoms with E-state index in [-0.39, 0.29) is 5.78 Å². The molecule has 0 heterocycles. The number of benzene rings is 1. The highest BCUT2D eigenvalue weighted by Gasteiger charge is 2.45. The maximum atomic E-state index is 11.0. The molecular formula is C11H8BrNOS. The second-order valence-corrected chi connectivity index (χ2v) is 5.93. The molecule has 1 aliphatic carbocycles. The largest absolute Gasteiger partial charge is 0.300 e. The number of carbonyl (C=O) groups is 1.